The number of aromatic amines is 1. The van der Waals surface area contributed by atoms with Gasteiger partial charge in [-0.3, -0.25) is 4.79 Å². The second kappa shape index (κ2) is 9.56. The van der Waals surface area contributed by atoms with Crippen molar-refractivity contribution in [2.75, 3.05) is 13.7 Å². The molecule has 7 nitrogen and oxygen atoms in total. The van der Waals surface area contributed by atoms with Crippen LogP contribution in [0.1, 0.15) is 49.1 Å². The van der Waals surface area contributed by atoms with E-state index in [0.29, 0.717) is 42.7 Å². The van der Waals surface area contributed by atoms with Crippen LogP contribution in [0.2, 0.25) is 0 Å². The zero-order valence-corrected chi connectivity index (χ0v) is 21.6. The molecule has 3 N–H and O–H groups in total. The SMILES string of the molecule is C=C1C[C@@H](OC(=O)C2=C(C)NC3=C(C(=O)C[C@H](c4ccccc4OC)C3)[C@@H]2c2cccc3[nH]ccc23)CN1. The van der Waals surface area contributed by atoms with Crippen LogP contribution in [0.4, 0.5) is 0 Å². The van der Waals surface area contributed by atoms with Gasteiger partial charge in [0.15, 0.2) is 5.78 Å². The van der Waals surface area contributed by atoms with E-state index < -0.39 is 11.9 Å². The molecule has 2 aromatic carbocycles. The van der Waals surface area contributed by atoms with Crippen LogP contribution >= 0.6 is 0 Å². The first kappa shape index (κ1) is 24.1. The van der Waals surface area contributed by atoms with Crippen molar-refractivity contribution in [1.82, 2.24) is 15.6 Å². The number of aromatic nitrogens is 1. The predicted octanol–water partition coefficient (Wildman–Crippen LogP) is 4.96. The molecule has 1 aromatic heterocycles. The lowest BCUT2D eigenvalue weighted by molar-refractivity contribution is -0.143. The molecule has 7 heteroatoms. The fourth-order valence-electron chi connectivity index (χ4n) is 6.18. The van der Waals surface area contributed by atoms with Crippen molar-refractivity contribution >= 4 is 22.7 Å². The molecule has 38 heavy (non-hydrogen) atoms. The van der Waals surface area contributed by atoms with Crippen molar-refractivity contribution in [2.24, 2.45) is 0 Å². The number of hydrogen-bond acceptors (Lipinski definition) is 6. The van der Waals surface area contributed by atoms with Crippen LogP contribution in [0.25, 0.3) is 10.9 Å². The highest BCUT2D eigenvalue weighted by Crippen LogP contribution is 2.48. The van der Waals surface area contributed by atoms with Crippen LogP contribution in [0, 0.1) is 0 Å². The van der Waals surface area contributed by atoms with E-state index in [0.717, 1.165) is 39.2 Å². The smallest absolute Gasteiger partial charge is 0.337 e. The molecule has 3 atom stereocenters. The molecule has 0 spiro atoms. The Morgan fingerprint density at radius 2 is 1.84 bits per heavy atom. The van der Waals surface area contributed by atoms with Gasteiger partial charge in [-0.25, -0.2) is 4.79 Å². The van der Waals surface area contributed by atoms with E-state index in [1.54, 1.807) is 7.11 Å². The maximum absolute atomic E-state index is 14.0. The largest absolute Gasteiger partial charge is 0.496 e. The van der Waals surface area contributed by atoms with Crippen LogP contribution in [0.5, 0.6) is 5.75 Å². The summed E-state index contributed by atoms with van der Waals surface area (Å²) in [4.78, 5) is 31.0. The minimum atomic E-state index is -0.526. The number of rotatable bonds is 5. The fourth-order valence-corrected chi connectivity index (χ4v) is 6.18. The average molecular weight is 510 g/mol. The summed E-state index contributed by atoms with van der Waals surface area (Å²) in [6.45, 7) is 6.38. The summed E-state index contributed by atoms with van der Waals surface area (Å²) in [5, 5.41) is 7.59. The van der Waals surface area contributed by atoms with E-state index in [-0.39, 0.29) is 17.8 Å². The summed E-state index contributed by atoms with van der Waals surface area (Å²) >= 11 is 0. The molecular weight excluding hydrogens is 478 g/mol. The van der Waals surface area contributed by atoms with Crippen molar-refractivity contribution < 1.29 is 19.1 Å². The van der Waals surface area contributed by atoms with Crippen molar-refractivity contribution in [3.05, 3.63) is 101 Å². The van der Waals surface area contributed by atoms with E-state index in [4.69, 9.17) is 9.47 Å². The predicted molar refractivity (Wildman–Crippen MR) is 146 cm³/mol. The number of hydrogen-bond donors (Lipinski definition) is 3. The third kappa shape index (κ3) is 4.08. The van der Waals surface area contributed by atoms with Gasteiger partial charge in [0.1, 0.15) is 11.9 Å². The van der Waals surface area contributed by atoms with Gasteiger partial charge in [0.25, 0.3) is 0 Å². The van der Waals surface area contributed by atoms with Crippen LogP contribution < -0.4 is 15.4 Å². The molecule has 0 amide bonds. The second-order valence-electron chi connectivity index (χ2n) is 10.3. The molecule has 0 radical (unpaired) electrons. The van der Waals surface area contributed by atoms with Crippen LogP contribution in [0.15, 0.2) is 89.5 Å². The zero-order chi connectivity index (χ0) is 26.4. The number of ketones is 1. The number of H-pyrrole nitrogens is 1. The number of Topliss-reactive ketones (excluding diaryl/α,β-unsaturated/α-hetero) is 1. The lowest BCUT2D eigenvalue weighted by atomic mass is 9.71. The van der Waals surface area contributed by atoms with Gasteiger partial charge in [-0.15, -0.1) is 0 Å². The van der Waals surface area contributed by atoms with E-state index in [1.807, 2.05) is 61.7 Å². The standard InChI is InChI=1S/C31H31N3O4/c1-17-13-20(16-33-17)38-31(36)28-18(2)34-25-14-19(21-7-4-5-10-27(21)37-3)15-26(35)30(25)29(28)23-8-6-9-24-22(23)11-12-32-24/h4-12,19-20,29,32-34H,1,13-16H2,2-3H3/t19-,20-,29-/m1/s1. The summed E-state index contributed by atoms with van der Waals surface area (Å²) in [5.41, 5.74) is 6.46. The number of dihydropyridines is 1. The molecule has 1 aliphatic carbocycles. The number of esters is 1. The van der Waals surface area contributed by atoms with Gasteiger partial charge < -0.3 is 25.1 Å². The quantitative estimate of drug-likeness (QED) is 0.421. The Bertz CT molecular complexity index is 1530. The summed E-state index contributed by atoms with van der Waals surface area (Å²) in [6, 6.07) is 15.8. The number of benzene rings is 2. The third-order valence-electron chi connectivity index (χ3n) is 7.89. The highest BCUT2D eigenvalue weighted by molar-refractivity contribution is 6.05. The van der Waals surface area contributed by atoms with Crippen LogP contribution in [-0.2, 0) is 14.3 Å². The topological polar surface area (TPSA) is 92.4 Å². The Labute approximate surface area is 221 Å². The Morgan fingerprint density at radius 1 is 1.03 bits per heavy atom. The number of methoxy groups -OCH3 is 1. The molecule has 1 fully saturated rings. The monoisotopic (exact) mass is 509 g/mol. The van der Waals surface area contributed by atoms with Gasteiger partial charge in [0.2, 0.25) is 0 Å². The normalized spacial score (nSPS) is 23.3. The maximum atomic E-state index is 14.0. The second-order valence-corrected chi connectivity index (χ2v) is 10.3. The van der Waals surface area contributed by atoms with Crippen molar-refractivity contribution in [1.29, 1.82) is 0 Å². The van der Waals surface area contributed by atoms with Crippen LogP contribution in [0.3, 0.4) is 0 Å². The summed E-state index contributed by atoms with van der Waals surface area (Å²) < 4.78 is 11.6. The molecule has 0 bridgehead atoms. The first-order chi connectivity index (χ1) is 18.4. The fraction of sp³-hybridized carbons (Fsp3) is 0.290. The third-order valence-corrected chi connectivity index (χ3v) is 7.89. The zero-order valence-electron chi connectivity index (χ0n) is 21.6. The van der Waals surface area contributed by atoms with E-state index in [2.05, 4.69) is 22.2 Å². The lowest BCUT2D eigenvalue weighted by Gasteiger charge is -2.37. The summed E-state index contributed by atoms with van der Waals surface area (Å²) in [5.74, 6) is -0.143. The number of allylic oxidation sites excluding steroid dienone is 3. The van der Waals surface area contributed by atoms with E-state index >= 15 is 0 Å². The van der Waals surface area contributed by atoms with Gasteiger partial charge in [-0.1, -0.05) is 36.9 Å². The van der Waals surface area contributed by atoms with E-state index in [9.17, 15) is 9.59 Å². The molecular formula is C31H31N3O4. The Balaban J connectivity index is 1.44. The van der Waals surface area contributed by atoms with Crippen molar-refractivity contribution in [2.45, 2.75) is 44.1 Å². The first-order valence-electron chi connectivity index (χ1n) is 13.0. The first-order valence-corrected chi connectivity index (χ1v) is 13.0. The van der Waals surface area contributed by atoms with Gasteiger partial charge in [0, 0.05) is 64.4 Å². The lowest BCUT2D eigenvalue weighted by Crippen LogP contribution is -2.37. The molecule has 6 rings (SSSR count). The Morgan fingerprint density at radius 3 is 2.63 bits per heavy atom. The molecule has 3 aromatic rings. The Kier molecular flexibility index (Phi) is 6.06. The number of ether oxygens (including phenoxy) is 2. The number of carbonyl (C=O) groups excluding carboxylic acids is 2. The van der Waals surface area contributed by atoms with Gasteiger partial charge in [-0.05, 0) is 42.7 Å². The number of carbonyl (C=O) groups is 2. The molecule has 1 saturated heterocycles. The molecule has 0 unspecified atom stereocenters. The minimum absolute atomic E-state index is 0.0227. The van der Waals surface area contributed by atoms with E-state index in [1.165, 1.54) is 0 Å². The van der Waals surface area contributed by atoms with Crippen molar-refractivity contribution in [3.63, 3.8) is 0 Å². The highest BCUT2D eigenvalue weighted by atomic mass is 16.5. The number of fused-ring (bicyclic) bond motifs is 1. The number of para-hydroxylation sites is 1. The maximum Gasteiger partial charge on any atom is 0.337 e. The summed E-state index contributed by atoms with van der Waals surface area (Å²) in [6.07, 6.45) is 3.17. The number of nitrogens with one attached hydrogen (secondary N) is 3. The molecule has 3 heterocycles. The summed E-state index contributed by atoms with van der Waals surface area (Å²) in [7, 11) is 1.65. The van der Waals surface area contributed by atoms with Crippen LogP contribution in [-0.4, -0.2) is 36.5 Å². The highest BCUT2D eigenvalue weighted by Gasteiger charge is 2.43. The van der Waals surface area contributed by atoms with Gasteiger partial charge >= 0.3 is 5.97 Å². The van der Waals surface area contributed by atoms with Crippen molar-refractivity contribution in [3.8, 4) is 5.75 Å². The molecule has 194 valence electrons. The molecule has 0 saturated carbocycles. The Hall–Kier alpha value is -4.26. The van der Waals surface area contributed by atoms with Gasteiger partial charge in [-0.2, -0.15) is 0 Å². The average Bonchev–Trinajstić information content (AvgIpc) is 3.56. The minimum Gasteiger partial charge on any atom is -0.496 e. The molecule has 2 aliphatic heterocycles. The molecule has 3 aliphatic rings. The van der Waals surface area contributed by atoms with Gasteiger partial charge in [0.05, 0.1) is 19.2 Å².